The van der Waals surface area contributed by atoms with Gasteiger partial charge in [-0.1, -0.05) is 51.1 Å². The van der Waals surface area contributed by atoms with Crippen molar-refractivity contribution in [2.24, 2.45) is 0 Å². The second kappa shape index (κ2) is 4.46. The summed E-state index contributed by atoms with van der Waals surface area (Å²) in [5, 5.41) is 1.22. The fraction of sp³-hybridized carbons (Fsp3) is 0.235. The van der Waals surface area contributed by atoms with Crippen LogP contribution in [-0.4, -0.2) is 4.37 Å². The Kier molecular flexibility index (Phi) is 2.90. The summed E-state index contributed by atoms with van der Waals surface area (Å²) in [7, 11) is 0. The number of hydrogen-bond donors (Lipinski definition) is 0. The molecule has 0 bridgehead atoms. The molecule has 0 aliphatic rings. The molecule has 1 nitrogen and oxygen atoms in total. The van der Waals surface area contributed by atoms with Gasteiger partial charge in [0.05, 0.1) is 4.70 Å². The van der Waals surface area contributed by atoms with Crippen LogP contribution >= 0.6 is 11.5 Å². The highest BCUT2D eigenvalue weighted by atomic mass is 32.1. The van der Waals surface area contributed by atoms with E-state index in [1.165, 1.54) is 26.8 Å². The maximum absolute atomic E-state index is 4.22. The molecule has 0 saturated heterocycles. The molecule has 0 saturated carbocycles. The van der Waals surface area contributed by atoms with E-state index in [2.05, 4.69) is 67.6 Å². The van der Waals surface area contributed by atoms with Crippen molar-refractivity contribution in [3.63, 3.8) is 0 Å². The molecular weight excluding hydrogens is 250 g/mol. The Morgan fingerprint density at radius 3 is 2.26 bits per heavy atom. The van der Waals surface area contributed by atoms with Crippen LogP contribution in [0.2, 0.25) is 0 Å². The lowest BCUT2D eigenvalue weighted by molar-refractivity contribution is 0.590. The molecule has 2 heteroatoms. The summed E-state index contributed by atoms with van der Waals surface area (Å²) in [6.45, 7) is 6.72. The highest BCUT2D eigenvalue weighted by Gasteiger charge is 2.13. The van der Waals surface area contributed by atoms with Gasteiger partial charge in [0.25, 0.3) is 0 Å². The van der Waals surface area contributed by atoms with Crippen molar-refractivity contribution >= 4 is 21.6 Å². The summed E-state index contributed by atoms with van der Waals surface area (Å²) in [6, 6.07) is 15.4. The minimum absolute atomic E-state index is 0.208. The summed E-state index contributed by atoms with van der Waals surface area (Å²) >= 11 is 1.55. The van der Waals surface area contributed by atoms with Gasteiger partial charge in [-0.05, 0) is 45.8 Å². The Labute approximate surface area is 118 Å². The SMILES string of the molecule is CC(C)(C)c1ccc(-c2ccc3sncc3c2)cc1. The Morgan fingerprint density at radius 2 is 1.58 bits per heavy atom. The van der Waals surface area contributed by atoms with E-state index < -0.39 is 0 Å². The lowest BCUT2D eigenvalue weighted by Crippen LogP contribution is -2.10. The first-order valence-corrected chi connectivity index (χ1v) is 7.27. The van der Waals surface area contributed by atoms with Crippen molar-refractivity contribution < 1.29 is 0 Å². The van der Waals surface area contributed by atoms with Crippen LogP contribution in [0, 0.1) is 0 Å². The number of aromatic nitrogens is 1. The Bertz CT molecular complexity index is 702. The van der Waals surface area contributed by atoms with Crippen LogP contribution in [0.1, 0.15) is 26.3 Å². The number of nitrogens with zero attached hydrogens (tertiary/aromatic N) is 1. The third kappa shape index (κ3) is 2.41. The van der Waals surface area contributed by atoms with Crippen LogP contribution in [0.25, 0.3) is 21.2 Å². The summed E-state index contributed by atoms with van der Waals surface area (Å²) in [5.74, 6) is 0. The van der Waals surface area contributed by atoms with Gasteiger partial charge in [-0.25, -0.2) is 0 Å². The van der Waals surface area contributed by atoms with Gasteiger partial charge in [-0.15, -0.1) is 0 Å². The molecule has 0 fully saturated rings. The quantitative estimate of drug-likeness (QED) is 0.586. The molecular formula is C17H17NS. The topological polar surface area (TPSA) is 12.9 Å². The van der Waals surface area contributed by atoms with Gasteiger partial charge in [-0.3, -0.25) is 0 Å². The molecule has 0 aliphatic heterocycles. The van der Waals surface area contributed by atoms with Crippen molar-refractivity contribution in [3.8, 4) is 11.1 Å². The van der Waals surface area contributed by atoms with E-state index in [-0.39, 0.29) is 5.41 Å². The normalized spacial score (nSPS) is 11.9. The van der Waals surface area contributed by atoms with Crippen LogP contribution in [-0.2, 0) is 5.41 Å². The molecule has 0 spiro atoms. The number of rotatable bonds is 1. The molecule has 0 amide bonds. The minimum atomic E-state index is 0.208. The van der Waals surface area contributed by atoms with Crippen molar-refractivity contribution in [1.29, 1.82) is 0 Å². The summed E-state index contributed by atoms with van der Waals surface area (Å²) in [6.07, 6.45) is 1.94. The monoisotopic (exact) mass is 267 g/mol. The number of hydrogen-bond acceptors (Lipinski definition) is 2. The fourth-order valence-corrected chi connectivity index (χ4v) is 2.84. The third-order valence-corrected chi connectivity index (χ3v) is 4.22. The molecule has 2 aromatic carbocycles. The second-order valence-electron chi connectivity index (χ2n) is 5.91. The first-order valence-electron chi connectivity index (χ1n) is 6.49. The highest BCUT2D eigenvalue weighted by molar-refractivity contribution is 7.13. The van der Waals surface area contributed by atoms with Gasteiger partial charge >= 0.3 is 0 Å². The van der Waals surface area contributed by atoms with E-state index in [4.69, 9.17) is 0 Å². The van der Waals surface area contributed by atoms with Crippen molar-refractivity contribution in [3.05, 3.63) is 54.2 Å². The van der Waals surface area contributed by atoms with E-state index in [9.17, 15) is 0 Å². The lowest BCUT2D eigenvalue weighted by atomic mass is 9.86. The Hall–Kier alpha value is -1.67. The maximum atomic E-state index is 4.22. The first-order chi connectivity index (χ1) is 9.04. The molecule has 0 atom stereocenters. The molecule has 1 heterocycles. The minimum Gasteiger partial charge on any atom is -0.200 e. The van der Waals surface area contributed by atoms with Gasteiger partial charge in [0.1, 0.15) is 0 Å². The van der Waals surface area contributed by atoms with Gasteiger partial charge in [0, 0.05) is 11.6 Å². The zero-order chi connectivity index (χ0) is 13.5. The largest absolute Gasteiger partial charge is 0.200 e. The van der Waals surface area contributed by atoms with Crippen molar-refractivity contribution in [2.75, 3.05) is 0 Å². The molecule has 0 aliphatic carbocycles. The van der Waals surface area contributed by atoms with Crippen LogP contribution in [0.4, 0.5) is 0 Å². The van der Waals surface area contributed by atoms with Gasteiger partial charge in [0.2, 0.25) is 0 Å². The third-order valence-electron chi connectivity index (χ3n) is 3.44. The number of benzene rings is 2. The fourth-order valence-electron chi connectivity index (χ4n) is 2.21. The average Bonchev–Trinajstić information content (AvgIpc) is 2.85. The predicted octanol–water partition coefficient (Wildman–Crippen LogP) is 5.26. The second-order valence-corrected chi connectivity index (χ2v) is 6.74. The summed E-state index contributed by atoms with van der Waals surface area (Å²) in [4.78, 5) is 0. The van der Waals surface area contributed by atoms with E-state index in [0.29, 0.717) is 0 Å². The molecule has 1 aromatic heterocycles. The van der Waals surface area contributed by atoms with Crippen LogP contribution in [0.5, 0.6) is 0 Å². The van der Waals surface area contributed by atoms with Crippen LogP contribution < -0.4 is 0 Å². The van der Waals surface area contributed by atoms with E-state index in [1.807, 2.05) is 6.20 Å². The first kappa shape index (κ1) is 12.4. The Morgan fingerprint density at radius 1 is 0.895 bits per heavy atom. The Balaban J connectivity index is 2.01. The predicted molar refractivity (Wildman–Crippen MR) is 83.8 cm³/mol. The van der Waals surface area contributed by atoms with Crippen molar-refractivity contribution in [2.45, 2.75) is 26.2 Å². The molecule has 3 rings (SSSR count). The summed E-state index contributed by atoms with van der Waals surface area (Å²) in [5.41, 5.74) is 4.10. The summed E-state index contributed by atoms with van der Waals surface area (Å²) < 4.78 is 5.47. The van der Waals surface area contributed by atoms with E-state index in [1.54, 1.807) is 11.5 Å². The zero-order valence-electron chi connectivity index (χ0n) is 11.5. The van der Waals surface area contributed by atoms with Gasteiger partial charge < -0.3 is 0 Å². The van der Waals surface area contributed by atoms with Crippen LogP contribution in [0.15, 0.2) is 48.7 Å². The van der Waals surface area contributed by atoms with Gasteiger partial charge in [0.15, 0.2) is 0 Å². The van der Waals surface area contributed by atoms with Crippen LogP contribution in [0.3, 0.4) is 0 Å². The molecule has 19 heavy (non-hydrogen) atoms. The molecule has 0 unspecified atom stereocenters. The number of fused-ring (bicyclic) bond motifs is 1. The highest BCUT2D eigenvalue weighted by Crippen LogP contribution is 2.28. The average molecular weight is 267 g/mol. The molecule has 0 N–H and O–H groups in total. The molecule has 3 aromatic rings. The lowest BCUT2D eigenvalue weighted by Gasteiger charge is -2.19. The standard InChI is InChI=1S/C17H17NS/c1-17(2,3)15-7-4-12(5-8-15)13-6-9-16-14(10-13)11-18-19-16/h4-11H,1-3H3. The zero-order valence-corrected chi connectivity index (χ0v) is 12.3. The van der Waals surface area contributed by atoms with Crippen molar-refractivity contribution in [1.82, 2.24) is 4.37 Å². The van der Waals surface area contributed by atoms with E-state index in [0.717, 1.165) is 0 Å². The molecule has 0 radical (unpaired) electrons. The van der Waals surface area contributed by atoms with E-state index >= 15 is 0 Å². The molecule has 96 valence electrons. The van der Waals surface area contributed by atoms with Gasteiger partial charge in [-0.2, -0.15) is 4.37 Å². The maximum Gasteiger partial charge on any atom is 0.0550 e. The smallest absolute Gasteiger partial charge is 0.0550 e.